The van der Waals surface area contributed by atoms with Gasteiger partial charge in [-0.2, -0.15) is 0 Å². The number of likely N-dealkylation sites (tertiary alicyclic amines) is 1. The van der Waals surface area contributed by atoms with Crippen LogP contribution in [0.15, 0.2) is 35.3 Å². The number of carbonyl (C=O) groups is 1. The Balaban J connectivity index is 0.00000364. The highest BCUT2D eigenvalue weighted by molar-refractivity contribution is 14.0. The van der Waals surface area contributed by atoms with Crippen molar-refractivity contribution in [2.75, 3.05) is 26.2 Å². The van der Waals surface area contributed by atoms with Crippen LogP contribution in [0.2, 0.25) is 0 Å². The average molecular weight is 489 g/mol. The summed E-state index contributed by atoms with van der Waals surface area (Å²) in [6.07, 6.45) is 2.06. The standard InChI is InChI=1S/C20H31N3O3.HI/c1-5-21-19(22-15-18(24)26-20(2,3)4)23-13-11-17(12-14-23)25-16-9-7-6-8-10-16;/h6-10,17H,5,11-15H2,1-4H3,(H,21,22);1H. The van der Waals surface area contributed by atoms with Gasteiger partial charge in [0.15, 0.2) is 5.96 Å². The number of aliphatic imine (C=N–C) groups is 1. The molecule has 2 rings (SSSR count). The summed E-state index contributed by atoms with van der Waals surface area (Å²) in [7, 11) is 0. The zero-order valence-corrected chi connectivity index (χ0v) is 19.1. The highest BCUT2D eigenvalue weighted by Crippen LogP contribution is 2.18. The third-order valence-corrected chi connectivity index (χ3v) is 3.90. The third-order valence-electron chi connectivity index (χ3n) is 3.90. The van der Waals surface area contributed by atoms with Crippen molar-refractivity contribution in [2.45, 2.75) is 52.2 Å². The van der Waals surface area contributed by atoms with E-state index < -0.39 is 5.60 Å². The maximum absolute atomic E-state index is 11.9. The van der Waals surface area contributed by atoms with Crippen LogP contribution < -0.4 is 10.1 Å². The van der Waals surface area contributed by atoms with Gasteiger partial charge in [0.2, 0.25) is 0 Å². The van der Waals surface area contributed by atoms with E-state index >= 15 is 0 Å². The number of carbonyl (C=O) groups excluding carboxylic acids is 1. The molecule has 1 aromatic rings. The first-order chi connectivity index (χ1) is 12.4. The van der Waals surface area contributed by atoms with E-state index in [4.69, 9.17) is 9.47 Å². The zero-order valence-electron chi connectivity index (χ0n) is 16.7. The lowest BCUT2D eigenvalue weighted by molar-refractivity contribution is -0.152. The maximum Gasteiger partial charge on any atom is 0.328 e. The highest BCUT2D eigenvalue weighted by atomic mass is 127. The van der Waals surface area contributed by atoms with Crippen molar-refractivity contribution in [1.82, 2.24) is 10.2 Å². The number of hydrogen-bond donors (Lipinski definition) is 1. The van der Waals surface area contributed by atoms with Gasteiger partial charge in [-0.25, -0.2) is 4.99 Å². The van der Waals surface area contributed by atoms with Crippen LogP contribution >= 0.6 is 24.0 Å². The Morgan fingerprint density at radius 3 is 2.41 bits per heavy atom. The van der Waals surface area contributed by atoms with Crippen LogP contribution in [0.1, 0.15) is 40.5 Å². The van der Waals surface area contributed by atoms with Crippen molar-refractivity contribution in [3.8, 4) is 5.75 Å². The predicted molar refractivity (Wildman–Crippen MR) is 119 cm³/mol. The van der Waals surface area contributed by atoms with E-state index in [1.54, 1.807) is 0 Å². The number of para-hydroxylation sites is 1. The monoisotopic (exact) mass is 489 g/mol. The Hall–Kier alpha value is -1.51. The Labute approximate surface area is 179 Å². The van der Waals surface area contributed by atoms with Gasteiger partial charge in [0.25, 0.3) is 0 Å². The molecule has 0 unspecified atom stereocenters. The van der Waals surface area contributed by atoms with Crippen LogP contribution in [-0.4, -0.2) is 54.7 Å². The number of nitrogens with zero attached hydrogens (tertiary/aromatic N) is 2. The predicted octanol–water partition coefficient (Wildman–Crippen LogP) is 3.46. The second-order valence-electron chi connectivity index (χ2n) is 7.37. The molecule has 27 heavy (non-hydrogen) atoms. The van der Waals surface area contributed by atoms with E-state index in [0.717, 1.165) is 44.2 Å². The summed E-state index contributed by atoms with van der Waals surface area (Å²) in [5, 5.41) is 3.26. The fourth-order valence-corrected chi connectivity index (χ4v) is 2.82. The lowest BCUT2D eigenvalue weighted by Gasteiger charge is -2.34. The lowest BCUT2D eigenvalue weighted by Crippen LogP contribution is -2.47. The van der Waals surface area contributed by atoms with E-state index in [0.29, 0.717) is 0 Å². The van der Waals surface area contributed by atoms with Crippen molar-refractivity contribution in [2.24, 2.45) is 4.99 Å². The summed E-state index contributed by atoms with van der Waals surface area (Å²) >= 11 is 0. The molecule has 0 aliphatic carbocycles. The minimum atomic E-state index is -0.488. The molecule has 1 fully saturated rings. The first-order valence-corrected chi connectivity index (χ1v) is 9.34. The van der Waals surface area contributed by atoms with Gasteiger partial charge < -0.3 is 19.7 Å². The second-order valence-corrected chi connectivity index (χ2v) is 7.37. The lowest BCUT2D eigenvalue weighted by atomic mass is 10.1. The smallest absolute Gasteiger partial charge is 0.328 e. The molecule has 0 saturated carbocycles. The van der Waals surface area contributed by atoms with Gasteiger partial charge in [0, 0.05) is 32.5 Å². The number of halogens is 1. The molecule has 1 aromatic carbocycles. The number of ether oxygens (including phenoxy) is 2. The largest absolute Gasteiger partial charge is 0.490 e. The van der Waals surface area contributed by atoms with Gasteiger partial charge in [-0.05, 0) is 39.8 Å². The summed E-state index contributed by atoms with van der Waals surface area (Å²) in [6, 6.07) is 9.92. The first-order valence-electron chi connectivity index (χ1n) is 9.34. The summed E-state index contributed by atoms with van der Waals surface area (Å²) < 4.78 is 11.4. The number of nitrogens with one attached hydrogen (secondary N) is 1. The SMILES string of the molecule is CCNC(=NCC(=O)OC(C)(C)C)N1CCC(Oc2ccccc2)CC1.I. The molecule has 1 aliphatic heterocycles. The summed E-state index contributed by atoms with van der Waals surface area (Å²) in [6.45, 7) is 10.1. The van der Waals surface area contributed by atoms with E-state index in [2.05, 4.69) is 15.2 Å². The molecule has 0 aromatic heterocycles. The number of rotatable bonds is 5. The molecule has 7 heteroatoms. The Bertz CT molecular complexity index is 594. The summed E-state index contributed by atoms with van der Waals surface area (Å²) in [4.78, 5) is 18.5. The van der Waals surface area contributed by atoms with Crippen molar-refractivity contribution in [3.05, 3.63) is 30.3 Å². The van der Waals surface area contributed by atoms with Crippen molar-refractivity contribution >= 4 is 35.9 Å². The molecule has 1 aliphatic rings. The highest BCUT2D eigenvalue weighted by Gasteiger charge is 2.23. The van der Waals surface area contributed by atoms with Gasteiger partial charge in [-0.1, -0.05) is 18.2 Å². The third kappa shape index (κ3) is 8.81. The number of benzene rings is 1. The summed E-state index contributed by atoms with van der Waals surface area (Å²) in [5.41, 5.74) is -0.488. The molecule has 0 amide bonds. The van der Waals surface area contributed by atoms with Crippen molar-refractivity contribution < 1.29 is 14.3 Å². The van der Waals surface area contributed by atoms with Gasteiger partial charge in [0.1, 0.15) is 24.0 Å². The number of esters is 1. The first kappa shape index (κ1) is 23.5. The zero-order chi connectivity index (χ0) is 19.0. The fourth-order valence-electron chi connectivity index (χ4n) is 2.82. The molecule has 0 bridgehead atoms. The van der Waals surface area contributed by atoms with E-state index in [1.165, 1.54) is 0 Å². The topological polar surface area (TPSA) is 63.2 Å². The van der Waals surface area contributed by atoms with Crippen LogP contribution in [0.5, 0.6) is 5.75 Å². The van der Waals surface area contributed by atoms with E-state index in [1.807, 2.05) is 58.0 Å². The molecule has 6 nitrogen and oxygen atoms in total. The van der Waals surface area contributed by atoms with Crippen LogP contribution in [0, 0.1) is 0 Å². The minimum Gasteiger partial charge on any atom is -0.490 e. The molecule has 0 atom stereocenters. The van der Waals surface area contributed by atoms with E-state index in [9.17, 15) is 4.79 Å². The van der Waals surface area contributed by atoms with Gasteiger partial charge in [-0.3, -0.25) is 4.79 Å². The fraction of sp³-hybridized carbons (Fsp3) is 0.600. The van der Waals surface area contributed by atoms with Gasteiger partial charge >= 0.3 is 5.97 Å². The summed E-state index contributed by atoms with van der Waals surface area (Å²) in [5.74, 6) is 1.36. The Morgan fingerprint density at radius 2 is 1.85 bits per heavy atom. The normalized spacial score (nSPS) is 15.7. The number of hydrogen-bond acceptors (Lipinski definition) is 4. The molecule has 152 valence electrons. The quantitative estimate of drug-likeness (QED) is 0.297. The van der Waals surface area contributed by atoms with Crippen LogP contribution in [0.4, 0.5) is 0 Å². The van der Waals surface area contributed by atoms with Crippen molar-refractivity contribution in [1.29, 1.82) is 0 Å². The molecule has 0 radical (unpaired) electrons. The van der Waals surface area contributed by atoms with E-state index in [-0.39, 0.29) is 42.6 Å². The molecular formula is C20H32IN3O3. The maximum atomic E-state index is 11.9. The molecule has 0 spiro atoms. The van der Waals surface area contributed by atoms with Gasteiger partial charge in [-0.15, -0.1) is 24.0 Å². The van der Waals surface area contributed by atoms with Crippen LogP contribution in [0.25, 0.3) is 0 Å². The second kappa shape index (κ2) is 11.4. The van der Waals surface area contributed by atoms with Crippen LogP contribution in [0.3, 0.4) is 0 Å². The Morgan fingerprint density at radius 1 is 1.22 bits per heavy atom. The molecule has 1 heterocycles. The van der Waals surface area contributed by atoms with Gasteiger partial charge in [0.05, 0.1) is 0 Å². The van der Waals surface area contributed by atoms with Crippen molar-refractivity contribution in [3.63, 3.8) is 0 Å². The molecule has 1 N–H and O–H groups in total. The van der Waals surface area contributed by atoms with Crippen LogP contribution in [-0.2, 0) is 9.53 Å². The molecular weight excluding hydrogens is 457 g/mol. The minimum absolute atomic E-state index is 0. The number of guanidine groups is 1. The number of piperidine rings is 1. The average Bonchev–Trinajstić information content (AvgIpc) is 2.59. The molecule has 1 saturated heterocycles. The Kier molecular flexibility index (Phi) is 9.90.